The van der Waals surface area contributed by atoms with Gasteiger partial charge >= 0.3 is 0 Å². The van der Waals surface area contributed by atoms with Crippen LogP contribution in [0.4, 0.5) is 0 Å². The molecule has 0 atom stereocenters. The molecule has 0 spiro atoms. The van der Waals surface area contributed by atoms with E-state index in [-0.39, 0.29) is 11.3 Å². The molecule has 3 nitrogen and oxygen atoms in total. The Bertz CT molecular complexity index is 573. The molecule has 1 aliphatic carbocycles. The molecule has 0 aromatic carbocycles. The lowest BCUT2D eigenvalue weighted by Crippen LogP contribution is -2.40. The second kappa shape index (κ2) is 6.30. The zero-order chi connectivity index (χ0) is 14.7. The van der Waals surface area contributed by atoms with Crippen LogP contribution in [0.3, 0.4) is 0 Å². The standard InChI is InChI=1S/C16H19NO2S2/c1-19-8-7-17(11-13-4-10-20-12-13)15(18)16(5-6-16)14-3-2-9-21-14/h2-4,9-10,12H,5-8,11H2,1H3. The van der Waals surface area contributed by atoms with Gasteiger partial charge in [-0.25, -0.2) is 0 Å². The van der Waals surface area contributed by atoms with Crippen LogP contribution in [0.2, 0.25) is 0 Å². The number of hydrogen-bond acceptors (Lipinski definition) is 4. The van der Waals surface area contributed by atoms with E-state index in [1.807, 2.05) is 11.0 Å². The second-order valence-corrected chi connectivity index (χ2v) is 7.14. The van der Waals surface area contributed by atoms with Gasteiger partial charge < -0.3 is 9.64 Å². The van der Waals surface area contributed by atoms with Crippen LogP contribution < -0.4 is 0 Å². The van der Waals surface area contributed by atoms with E-state index in [0.29, 0.717) is 19.7 Å². The van der Waals surface area contributed by atoms with Crippen molar-refractivity contribution in [1.82, 2.24) is 4.90 Å². The van der Waals surface area contributed by atoms with Crippen LogP contribution in [0, 0.1) is 0 Å². The Morgan fingerprint density at radius 1 is 1.38 bits per heavy atom. The predicted molar refractivity (Wildman–Crippen MR) is 86.8 cm³/mol. The van der Waals surface area contributed by atoms with E-state index in [9.17, 15) is 4.79 Å². The van der Waals surface area contributed by atoms with Crippen LogP contribution in [-0.4, -0.2) is 31.1 Å². The number of carbonyl (C=O) groups excluding carboxylic acids is 1. The Labute approximate surface area is 133 Å². The summed E-state index contributed by atoms with van der Waals surface area (Å²) in [7, 11) is 1.68. The maximum atomic E-state index is 13.0. The number of amides is 1. The number of carbonyl (C=O) groups is 1. The Balaban J connectivity index is 1.77. The van der Waals surface area contributed by atoms with Crippen molar-refractivity contribution in [1.29, 1.82) is 0 Å². The molecule has 0 N–H and O–H groups in total. The quantitative estimate of drug-likeness (QED) is 0.781. The van der Waals surface area contributed by atoms with Crippen molar-refractivity contribution in [3.8, 4) is 0 Å². The molecule has 0 bridgehead atoms. The molecule has 0 radical (unpaired) electrons. The Hall–Kier alpha value is -1.17. The van der Waals surface area contributed by atoms with E-state index in [0.717, 1.165) is 12.8 Å². The van der Waals surface area contributed by atoms with Gasteiger partial charge in [-0.15, -0.1) is 11.3 Å². The molecule has 5 heteroatoms. The molecule has 21 heavy (non-hydrogen) atoms. The maximum absolute atomic E-state index is 13.0. The highest BCUT2D eigenvalue weighted by molar-refractivity contribution is 7.10. The van der Waals surface area contributed by atoms with Gasteiger partial charge in [-0.05, 0) is 46.7 Å². The van der Waals surface area contributed by atoms with Gasteiger partial charge in [-0.2, -0.15) is 11.3 Å². The molecular weight excluding hydrogens is 302 g/mol. The zero-order valence-corrected chi connectivity index (χ0v) is 13.7. The number of ether oxygens (including phenoxy) is 1. The van der Waals surface area contributed by atoms with E-state index < -0.39 is 0 Å². The summed E-state index contributed by atoms with van der Waals surface area (Å²) in [6.07, 6.45) is 1.94. The molecule has 0 saturated heterocycles. The first-order valence-corrected chi connectivity index (χ1v) is 8.92. The van der Waals surface area contributed by atoms with Gasteiger partial charge in [0.2, 0.25) is 5.91 Å². The highest BCUT2D eigenvalue weighted by Crippen LogP contribution is 2.51. The van der Waals surface area contributed by atoms with Crippen LogP contribution in [-0.2, 0) is 21.5 Å². The minimum absolute atomic E-state index is 0.252. The van der Waals surface area contributed by atoms with Crippen LogP contribution in [0.15, 0.2) is 34.3 Å². The number of thiophene rings is 2. The molecule has 112 valence electrons. The molecule has 2 aromatic heterocycles. The molecule has 1 amide bonds. The number of rotatable bonds is 7. The van der Waals surface area contributed by atoms with E-state index in [1.165, 1.54) is 10.4 Å². The highest BCUT2D eigenvalue weighted by atomic mass is 32.1. The van der Waals surface area contributed by atoms with Crippen molar-refractivity contribution in [2.75, 3.05) is 20.3 Å². The third-order valence-corrected chi connectivity index (χ3v) is 5.76. The SMILES string of the molecule is COCCN(Cc1ccsc1)C(=O)C1(c2cccs2)CC1. The van der Waals surface area contributed by atoms with E-state index in [1.54, 1.807) is 29.8 Å². The fourth-order valence-electron chi connectivity index (χ4n) is 2.60. The fraction of sp³-hybridized carbons (Fsp3) is 0.438. The number of nitrogens with zero attached hydrogens (tertiary/aromatic N) is 1. The minimum atomic E-state index is -0.252. The van der Waals surface area contributed by atoms with Gasteiger partial charge in [0.05, 0.1) is 12.0 Å². The third kappa shape index (κ3) is 3.05. The predicted octanol–water partition coefficient (Wildman–Crippen LogP) is 3.52. The van der Waals surface area contributed by atoms with E-state index in [4.69, 9.17) is 4.74 Å². The molecule has 2 heterocycles. The summed E-state index contributed by atoms with van der Waals surface area (Å²) < 4.78 is 5.18. The van der Waals surface area contributed by atoms with Crippen LogP contribution in [0.25, 0.3) is 0 Å². The number of methoxy groups -OCH3 is 1. The summed E-state index contributed by atoms with van der Waals surface area (Å²) in [5.74, 6) is 0.258. The third-order valence-electron chi connectivity index (χ3n) is 3.96. The van der Waals surface area contributed by atoms with E-state index in [2.05, 4.69) is 28.3 Å². The lowest BCUT2D eigenvalue weighted by atomic mass is 10.0. The van der Waals surface area contributed by atoms with Gasteiger partial charge in [0.15, 0.2) is 0 Å². The molecule has 1 aliphatic rings. The Morgan fingerprint density at radius 3 is 2.81 bits per heavy atom. The van der Waals surface area contributed by atoms with Gasteiger partial charge in [0.25, 0.3) is 0 Å². The average molecular weight is 321 g/mol. The molecule has 1 fully saturated rings. The summed E-state index contributed by atoms with van der Waals surface area (Å²) in [5, 5.41) is 6.22. The van der Waals surface area contributed by atoms with Gasteiger partial charge in [-0.3, -0.25) is 4.79 Å². The van der Waals surface area contributed by atoms with Crippen molar-refractivity contribution in [3.05, 3.63) is 44.8 Å². The summed E-state index contributed by atoms with van der Waals surface area (Å²) in [6.45, 7) is 1.91. The Kier molecular flexibility index (Phi) is 4.42. The normalized spacial score (nSPS) is 15.9. The van der Waals surface area contributed by atoms with Crippen LogP contribution >= 0.6 is 22.7 Å². The summed E-state index contributed by atoms with van der Waals surface area (Å²) in [4.78, 5) is 16.2. The van der Waals surface area contributed by atoms with Crippen molar-refractivity contribution in [2.24, 2.45) is 0 Å². The minimum Gasteiger partial charge on any atom is -0.383 e. The lowest BCUT2D eigenvalue weighted by molar-refractivity contribution is -0.135. The topological polar surface area (TPSA) is 29.5 Å². The number of hydrogen-bond donors (Lipinski definition) is 0. The van der Waals surface area contributed by atoms with Crippen molar-refractivity contribution < 1.29 is 9.53 Å². The van der Waals surface area contributed by atoms with Crippen LogP contribution in [0.1, 0.15) is 23.3 Å². The maximum Gasteiger partial charge on any atom is 0.234 e. The summed E-state index contributed by atoms with van der Waals surface area (Å²) in [6, 6.07) is 6.21. The highest BCUT2D eigenvalue weighted by Gasteiger charge is 2.53. The van der Waals surface area contributed by atoms with Crippen molar-refractivity contribution in [3.63, 3.8) is 0 Å². The Morgan fingerprint density at radius 2 is 2.24 bits per heavy atom. The summed E-state index contributed by atoms with van der Waals surface area (Å²) >= 11 is 3.36. The zero-order valence-electron chi connectivity index (χ0n) is 12.1. The van der Waals surface area contributed by atoms with Gasteiger partial charge in [-0.1, -0.05) is 6.07 Å². The first kappa shape index (κ1) is 14.8. The first-order chi connectivity index (χ1) is 10.3. The van der Waals surface area contributed by atoms with E-state index >= 15 is 0 Å². The van der Waals surface area contributed by atoms with Gasteiger partial charge in [0.1, 0.15) is 0 Å². The van der Waals surface area contributed by atoms with Crippen molar-refractivity contribution in [2.45, 2.75) is 24.8 Å². The summed E-state index contributed by atoms with van der Waals surface area (Å²) in [5.41, 5.74) is 0.948. The molecule has 0 unspecified atom stereocenters. The molecule has 3 rings (SSSR count). The van der Waals surface area contributed by atoms with Crippen molar-refractivity contribution >= 4 is 28.6 Å². The molecule has 1 saturated carbocycles. The molecular formula is C16H19NO2S2. The first-order valence-electron chi connectivity index (χ1n) is 7.10. The lowest BCUT2D eigenvalue weighted by Gasteiger charge is -2.26. The second-order valence-electron chi connectivity index (χ2n) is 5.41. The van der Waals surface area contributed by atoms with Crippen LogP contribution in [0.5, 0.6) is 0 Å². The van der Waals surface area contributed by atoms with Gasteiger partial charge in [0, 0.05) is 25.1 Å². The largest absolute Gasteiger partial charge is 0.383 e. The average Bonchev–Trinajstić information content (AvgIpc) is 2.95. The smallest absolute Gasteiger partial charge is 0.234 e. The molecule has 0 aliphatic heterocycles. The molecule has 2 aromatic rings. The fourth-order valence-corrected chi connectivity index (χ4v) is 4.24. The monoisotopic (exact) mass is 321 g/mol.